The third-order valence-electron chi connectivity index (χ3n) is 3.51. The molecule has 0 saturated carbocycles. The van der Waals surface area contributed by atoms with Crippen LogP contribution in [0.2, 0.25) is 5.02 Å². The summed E-state index contributed by atoms with van der Waals surface area (Å²) in [6, 6.07) is 10.2. The molecule has 1 aromatic carbocycles. The van der Waals surface area contributed by atoms with Crippen LogP contribution in [0.15, 0.2) is 40.1 Å². The van der Waals surface area contributed by atoms with Crippen LogP contribution < -0.4 is 5.32 Å². The Labute approximate surface area is 127 Å². The van der Waals surface area contributed by atoms with Crippen molar-refractivity contribution in [3.05, 3.63) is 56.9 Å². The molecule has 0 radical (unpaired) electrons. The number of rotatable bonds is 4. The number of fused-ring (bicyclic) bond motifs is 1. The lowest BCUT2D eigenvalue weighted by Gasteiger charge is -2.13. The summed E-state index contributed by atoms with van der Waals surface area (Å²) >= 11 is 7.95. The van der Waals surface area contributed by atoms with Gasteiger partial charge in [-0.15, -0.1) is 11.3 Å². The highest BCUT2D eigenvalue weighted by Crippen LogP contribution is 2.35. The maximum atomic E-state index is 6.19. The van der Waals surface area contributed by atoms with Crippen molar-refractivity contribution >= 4 is 33.9 Å². The molecule has 2 aromatic heterocycles. The van der Waals surface area contributed by atoms with Gasteiger partial charge in [-0.05, 0) is 42.6 Å². The Morgan fingerprint density at radius 2 is 2.20 bits per heavy atom. The molecule has 3 rings (SSSR count). The van der Waals surface area contributed by atoms with E-state index < -0.39 is 0 Å². The van der Waals surface area contributed by atoms with Crippen molar-refractivity contribution in [2.75, 3.05) is 7.05 Å². The SMILES string of the molecule is CCc1ccsc1C(NC)c1cc2cccc(Cl)c2o1. The summed E-state index contributed by atoms with van der Waals surface area (Å²) in [6.45, 7) is 2.17. The average Bonchev–Trinajstić information content (AvgIpc) is 3.07. The molecular weight excluding hydrogens is 290 g/mol. The molecule has 0 saturated heterocycles. The first-order chi connectivity index (χ1) is 9.74. The molecule has 0 fully saturated rings. The number of nitrogens with one attached hydrogen (secondary N) is 1. The standard InChI is InChI=1S/C16H16ClNOS/c1-3-10-7-8-20-16(10)14(18-2)13-9-11-5-4-6-12(17)15(11)19-13/h4-9,14,18H,3H2,1-2H3. The van der Waals surface area contributed by atoms with E-state index in [1.54, 1.807) is 11.3 Å². The van der Waals surface area contributed by atoms with Gasteiger partial charge in [0.05, 0.1) is 5.02 Å². The fourth-order valence-corrected chi connectivity index (χ4v) is 3.82. The van der Waals surface area contributed by atoms with Crippen LogP contribution in [0.25, 0.3) is 11.0 Å². The highest BCUT2D eigenvalue weighted by Gasteiger charge is 2.21. The van der Waals surface area contributed by atoms with E-state index >= 15 is 0 Å². The Kier molecular flexibility index (Phi) is 3.83. The first-order valence-corrected chi connectivity index (χ1v) is 7.91. The Morgan fingerprint density at radius 1 is 1.35 bits per heavy atom. The van der Waals surface area contributed by atoms with Crippen LogP contribution in [-0.4, -0.2) is 7.05 Å². The van der Waals surface area contributed by atoms with E-state index in [0.717, 1.165) is 23.2 Å². The Morgan fingerprint density at radius 3 is 2.90 bits per heavy atom. The van der Waals surface area contributed by atoms with Gasteiger partial charge in [0.15, 0.2) is 5.58 Å². The largest absolute Gasteiger partial charge is 0.457 e. The Bertz CT molecular complexity index is 731. The smallest absolute Gasteiger partial charge is 0.152 e. The maximum Gasteiger partial charge on any atom is 0.152 e. The van der Waals surface area contributed by atoms with E-state index in [-0.39, 0.29) is 6.04 Å². The summed E-state index contributed by atoms with van der Waals surface area (Å²) in [5, 5.41) is 7.18. The first kappa shape index (κ1) is 13.7. The molecular formula is C16H16ClNOS. The fraction of sp³-hybridized carbons (Fsp3) is 0.250. The van der Waals surface area contributed by atoms with Crippen LogP contribution >= 0.6 is 22.9 Å². The maximum absolute atomic E-state index is 6.19. The van der Waals surface area contributed by atoms with Crippen molar-refractivity contribution in [2.24, 2.45) is 0 Å². The number of aryl methyl sites for hydroxylation is 1. The monoisotopic (exact) mass is 305 g/mol. The molecule has 0 bridgehead atoms. The van der Waals surface area contributed by atoms with E-state index in [1.165, 1.54) is 10.4 Å². The predicted molar refractivity (Wildman–Crippen MR) is 85.8 cm³/mol. The Hall–Kier alpha value is -1.29. The van der Waals surface area contributed by atoms with Gasteiger partial charge >= 0.3 is 0 Å². The van der Waals surface area contributed by atoms with E-state index in [0.29, 0.717) is 5.02 Å². The molecule has 0 spiro atoms. The second-order valence-corrected chi connectivity index (χ2v) is 6.05. The average molecular weight is 306 g/mol. The third kappa shape index (κ3) is 2.26. The molecule has 20 heavy (non-hydrogen) atoms. The van der Waals surface area contributed by atoms with Crippen LogP contribution in [-0.2, 0) is 6.42 Å². The third-order valence-corrected chi connectivity index (χ3v) is 4.83. The number of hydrogen-bond donors (Lipinski definition) is 1. The van der Waals surface area contributed by atoms with Crippen molar-refractivity contribution in [3.63, 3.8) is 0 Å². The quantitative estimate of drug-likeness (QED) is 0.732. The van der Waals surface area contributed by atoms with Crippen molar-refractivity contribution in [2.45, 2.75) is 19.4 Å². The summed E-state index contributed by atoms with van der Waals surface area (Å²) < 4.78 is 5.99. The van der Waals surface area contributed by atoms with Crippen LogP contribution in [0.1, 0.15) is 29.2 Å². The zero-order valence-corrected chi connectivity index (χ0v) is 13.0. The van der Waals surface area contributed by atoms with Crippen molar-refractivity contribution in [3.8, 4) is 0 Å². The van der Waals surface area contributed by atoms with Crippen molar-refractivity contribution in [1.29, 1.82) is 0 Å². The molecule has 0 amide bonds. The van der Waals surface area contributed by atoms with Gasteiger partial charge in [0.2, 0.25) is 0 Å². The second-order valence-electron chi connectivity index (χ2n) is 4.69. The van der Waals surface area contributed by atoms with E-state index in [1.807, 2.05) is 25.2 Å². The highest BCUT2D eigenvalue weighted by molar-refractivity contribution is 7.10. The molecule has 1 N–H and O–H groups in total. The topological polar surface area (TPSA) is 25.2 Å². The molecule has 0 aliphatic rings. The zero-order valence-electron chi connectivity index (χ0n) is 11.4. The molecule has 0 aliphatic carbocycles. The number of thiophene rings is 1. The van der Waals surface area contributed by atoms with E-state index in [2.05, 4.69) is 29.8 Å². The van der Waals surface area contributed by atoms with Gasteiger partial charge in [-0.25, -0.2) is 0 Å². The summed E-state index contributed by atoms with van der Waals surface area (Å²) in [5.74, 6) is 0.910. The van der Waals surface area contributed by atoms with Crippen LogP contribution in [0.3, 0.4) is 0 Å². The summed E-state index contributed by atoms with van der Waals surface area (Å²) in [6.07, 6.45) is 1.03. The van der Waals surface area contributed by atoms with Gasteiger partial charge in [-0.2, -0.15) is 0 Å². The lowest BCUT2D eigenvalue weighted by Crippen LogP contribution is -2.16. The minimum Gasteiger partial charge on any atom is -0.457 e. The van der Waals surface area contributed by atoms with Crippen LogP contribution in [0.4, 0.5) is 0 Å². The van der Waals surface area contributed by atoms with Gasteiger partial charge in [0.1, 0.15) is 11.8 Å². The zero-order chi connectivity index (χ0) is 14.1. The Balaban J connectivity index is 2.10. The predicted octanol–water partition coefficient (Wildman–Crippen LogP) is 5.02. The van der Waals surface area contributed by atoms with Crippen molar-refractivity contribution < 1.29 is 4.42 Å². The van der Waals surface area contributed by atoms with Gasteiger partial charge in [-0.3, -0.25) is 0 Å². The van der Waals surface area contributed by atoms with Gasteiger partial charge in [0.25, 0.3) is 0 Å². The van der Waals surface area contributed by atoms with Crippen LogP contribution in [0, 0.1) is 0 Å². The molecule has 0 aliphatic heterocycles. The molecule has 3 aromatic rings. The minimum atomic E-state index is 0.0772. The number of hydrogen-bond acceptors (Lipinski definition) is 3. The molecule has 104 valence electrons. The minimum absolute atomic E-state index is 0.0772. The van der Waals surface area contributed by atoms with Gasteiger partial charge in [-0.1, -0.05) is 30.7 Å². The summed E-state index contributed by atoms with van der Waals surface area (Å²) in [4.78, 5) is 1.31. The molecule has 1 atom stereocenters. The lowest BCUT2D eigenvalue weighted by molar-refractivity contribution is 0.494. The highest BCUT2D eigenvalue weighted by atomic mass is 35.5. The number of furan rings is 1. The number of halogens is 1. The number of para-hydroxylation sites is 1. The van der Waals surface area contributed by atoms with Gasteiger partial charge < -0.3 is 9.73 Å². The number of benzene rings is 1. The van der Waals surface area contributed by atoms with E-state index in [4.69, 9.17) is 16.0 Å². The van der Waals surface area contributed by atoms with Crippen molar-refractivity contribution in [1.82, 2.24) is 5.32 Å². The van der Waals surface area contributed by atoms with Gasteiger partial charge in [0, 0.05) is 10.3 Å². The summed E-state index contributed by atoms with van der Waals surface area (Å²) in [5.41, 5.74) is 2.12. The summed E-state index contributed by atoms with van der Waals surface area (Å²) in [7, 11) is 1.96. The molecule has 1 unspecified atom stereocenters. The first-order valence-electron chi connectivity index (χ1n) is 6.66. The molecule has 2 heterocycles. The second kappa shape index (κ2) is 5.60. The lowest BCUT2D eigenvalue weighted by atomic mass is 10.1. The van der Waals surface area contributed by atoms with E-state index in [9.17, 15) is 0 Å². The molecule has 2 nitrogen and oxygen atoms in total. The molecule has 4 heteroatoms. The van der Waals surface area contributed by atoms with Crippen LogP contribution in [0.5, 0.6) is 0 Å². The fourth-order valence-electron chi connectivity index (χ4n) is 2.49. The normalized spacial score (nSPS) is 12.9.